The summed E-state index contributed by atoms with van der Waals surface area (Å²) in [5.74, 6) is 1.62. The minimum Gasteiger partial charge on any atom is -0.497 e. The van der Waals surface area contributed by atoms with Crippen molar-refractivity contribution in [3.63, 3.8) is 0 Å². The quantitative estimate of drug-likeness (QED) is 0.0858. The highest BCUT2D eigenvalue weighted by molar-refractivity contribution is 7.92. The van der Waals surface area contributed by atoms with Crippen molar-refractivity contribution in [3.8, 4) is 39.8 Å². The molecule has 63 heavy (non-hydrogen) atoms. The Hall–Kier alpha value is -7.07. The van der Waals surface area contributed by atoms with Crippen molar-refractivity contribution in [2.45, 2.75) is 36.3 Å². The van der Waals surface area contributed by atoms with Crippen molar-refractivity contribution in [1.29, 1.82) is 0 Å². The molecule has 0 unspecified atom stereocenters. The van der Waals surface area contributed by atoms with Crippen LogP contribution >= 0.6 is 0 Å². The molecule has 0 radical (unpaired) electrons. The number of aromatic amines is 1. The number of carbonyl (C=O) groups excluding carboxylic acids is 1. The molecule has 2 heterocycles. The summed E-state index contributed by atoms with van der Waals surface area (Å²) in [5.41, 5.74) is 15.3. The predicted octanol–water partition coefficient (Wildman–Crippen LogP) is 4.61. The summed E-state index contributed by atoms with van der Waals surface area (Å²) >= 11 is 0. The summed E-state index contributed by atoms with van der Waals surface area (Å²) < 4.78 is 85.1. The van der Waals surface area contributed by atoms with E-state index in [2.05, 4.69) is 30.1 Å². The molecule has 0 saturated heterocycles. The molecule has 0 aliphatic rings. The normalized spacial score (nSPS) is 11.8. The van der Waals surface area contributed by atoms with E-state index in [1.54, 1.807) is 79.9 Å². The molecule has 0 aliphatic heterocycles. The number of benzene rings is 5. The molecule has 2 aromatic heterocycles. The maximum atomic E-state index is 15.9. The number of H-pyrrole nitrogens is 1. The van der Waals surface area contributed by atoms with Crippen molar-refractivity contribution in [2.75, 3.05) is 40.2 Å². The van der Waals surface area contributed by atoms with E-state index in [1.165, 1.54) is 31.1 Å². The number of hydrogen-bond donors (Lipinski definition) is 4. The molecule has 19 nitrogen and oxygen atoms in total. The smallest absolute Gasteiger partial charge is 0.404 e. The van der Waals surface area contributed by atoms with Crippen molar-refractivity contribution in [2.24, 2.45) is 5.73 Å². The van der Waals surface area contributed by atoms with E-state index in [4.69, 9.17) is 30.4 Å². The molecule has 0 bridgehead atoms. The average molecular weight is 897 g/mol. The number of nitrogens with two attached hydrogens (primary N) is 2. The van der Waals surface area contributed by atoms with Crippen molar-refractivity contribution in [3.05, 3.63) is 119 Å². The zero-order valence-corrected chi connectivity index (χ0v) is 36.2. The van der Waals surface area contributed by atoms with Gasteiger partial charge in [-0.2, -0.15) is 9.10 Å². The van der Waals surface area contributed by atoms with E-state index < -0.39 is 49.1 Å². The Morgan fingerprint density at radius 1 is 0.778 bits per heavy atom. The number of imidazole rings is 1. The maximum absolute atomic E-state index is 15.9. The van der Waals surface area contributed by atoms with Crippen LogP contribution in [0.3, 0.4) is 0 Å². The second kappa shape index (κ2) is 18.5. The van der Waals surface area contributed by atoms with Crippen molar-refractivity contribution in [1.82, 2.24) is 39.2 Å². The number of nitrogens with zero attached hydrogens (tertiary/aromatic N) is 6. The minimum atomic E-state index is -4.95. The highest BCUT2D eigenvalue weighted by Gasteiger charge is 2.38. The SMILES string of the molecule is COc1ccc(CN(Cc2ccc(OC)cc2)S(=O)(=O)c2c(S(=O)(=O)NCCOC(N)=O)ccc(-c3ccc(C)c4[nH]c(N)nc34)c2-c2nnn(Cc3ccc(OC)cc3)n2)cc1. The second-order valence-electron chi connectivity index (χ2n) is 14.1. The summed E-state index contributed by atoms with van der Waals surface area (Å²) in [7, 11) is -5.12. The lowest BCUT2D eigenvalue weighted by Gasteiger charge is -2.26. The molecular formula is C42H44N10O9S2. The summed E-state index contributed by atoms with van der Waals surface area (Å²) in [6, 6.07) is 26.9. The van der Waals surface area contributed by atoms with E-state index >= 15 is 8.42 Å². The molecule has 0 fully saturated rings. The molecular weight excluding hydrogens is 853 g/mol. The van der Waals surface area contributed by atoms with Crippen LogP contribution in [0.1, 0.15) is 22.3 Å². The average Bonchev–Trinajstić information content (AvgIpc) is 3.92. The third-order valence-corrected chi connectivity index (χ3v) is 13.5. The van der Waals surface area contributed by atoms with Crippen LogP contribution in [-0.2, 0) is 44.4 Å². The number of hydrogen-bond acceptors (Lipinski definition) is 14. The van der Waals surface area contributed by atoms with Crippen LogP contribution in [0.2, 0.25) is 0 Å². The van der Waals surface area contributed by atoms with Gasteiger partial charge in [-0.25, -0.2) is 31.3 Å². The molecule has 7 aromatic rings. The molecule has 0 atom stereocenters. The minimum absolute atomic E-state index is 0.102. The van der Waals surface area contributed by atoms with Gasteiger partial charge >= 0.3 is 6.09 Å². The Morgan fingerprint density at radius 2 is 1.33 bits per heavy atom. The Balaban J connectivity index is 1.50. The summed E-state index contributed by atoms with van der Waals surface area (Å²) in [4.78, 5) is 18.9. The zero-order chi connectivity index (χ0) is 44.9. The van der Waals surface area contributed by atoms with Crippen LogP contribution < -0.4 is 30.4 Å². The number of ether oxygens (including phenoxy) is 4. The van der Waals surface area contributed by atoms with Gasteiger partial charge in [0.15, 0.2) is 5.95 Å². The van der Waals surface area contributed by atoms with Gasteiger partial charge in [-0.1, -0.05) is 54.6 Å². The number of aryl methyl sites for hydroxylation is 1. The number of anilines is 1. The first kappa shape index (κ1) is 44.0. The van der Waals surface area contributed by atoms with Gasteiger partial charge in [0.05, 0.1) is 44.5 Å². The van der Waals surface area contributed by atoms with Crippen LogP contribution in [0.4, 0.5) is 10.7 Å². The number of fused-ring (bicyclic) bond motifs is 1. The van der Waals surface area contributed by atoms with Crippen LogP contribution in [-0.4, -0.2) is 91.9 Å². The monoisotopic (exact) mass is 896 g/mol. The highest BCUT2D eigenvalue weighted by Crippen LogP contribution is 2.43. The standard InChI is InChI=1S/C42H44N10O9S2/c1-26-5-18-34(38-37(26)46-41(43)47-38)33-19-20-35(62(54,55)45-21-22-61-42(44)53)39(36(33)40-48-50-52(49-40)25-29-10-16-32(60-4)17-11-29)63(56,57)51(23-27-6-12-30(58-2)13-7-27)24-28-8-14-31(59-3)15-9-28/h5-20,45H,21-25H2,1-4H3,(H2,44,53)(H3,43,46,47). The predicted molar refractivity (Wildman–Crippen MR) is 233 cm³/mol. The fraction of sp³-hybridized carbons (Fsp3) is 0.214. The molecule has 0 aliphatic carbocycles. The number of methoxy groups -OCH3 is 3. The van der Waals surface area contributed by atoms with Gasteiger partial charge < -0.3 is 35.4 Å². The van der Waals surface area contributed by atoms with E-state index in [-0.39, 0.29) is 42.5 Å². The van der Waals surface area contributed by atoms with Crippen LogP contribution in [0.15, 0.2) is 107 Å². The van der Waals surface area contributed by atoms with E-state index in [0.29, 0.717) is 45.0 Å². The van der Waals surface area contributed by atoms with Gasteiger partial charge in [0.25, 0.3) is 0 Å². The summed E-state index contributed by atoms with van der Waals surface area (Å²) in [6.07, 6.45) is -1.12. The molecule has 6 N–H and O–H groups in total. The number of tetrazole rings is 1. The third-order valence-electron chi connectivity index (χ3n) is 10.0. The second-order valence-corrected chi connectivity index (χ2v) is 17.7. The topological polar surface area (TPSA) is 262 Å². The fourth-order valence-corrected chi connectivity index (χ4v) is 10.3. The molecule has 0 saturated carbocycles. The highest BCUT2D eigenvalue weighted by atomic mass is 32.2. The number of sulfonamides is 2. The van der Waals surface area contributed by atoms with Crippen molar-refractivity contribution >= 4 is 43.1 Å². The third kappa shape index (κ3) is 9.70. The largest absolute Gasteiger partial charge is 0.497 e. The van der Waals surface area contributed by atoms with E-state index in [1.807, 2.05) is 19.1 Å². The number of amides is 1. The Labute approximate surface area is 363 Å². The van der Waals surface area contributed by atoms with Gasteiger partial charge in [0, 0.05) is 25.2 Å². The Bertz CT molecular complexity index is 2930. The number of aromatic nitrogens is 6. The van der Waals surface area contributed by atoms with E-state index in [9.17, 15) is 13.2 Å². The number of rotatable bonds is 18. The summed E-state index contributed by atoms with van der Waals surface area (Å²) in [6.45, 7) is 0.649. The van der Waals surface area contributed by atoms with Crippen LogP contribution in [0, 0.1) is 6.92 Å². The van der Waals surface area contributed by atoms with Gasteiger partial charge in [-0.15, -0.1) is 10.2 Å². The first-order valence-corrected chi connectivity index (χ1v) is 22.1. The van der Waals surface area contributed by atoms with Crippen LogP contribution in [0.25, 0.3) is 33.5 Å². The molecule has 0 spiro atoms. The molecule has 5 aromatic carbocycles. The fourth-order valence-electron chi connectivity index (χ4n) is 6.87. The number of carbonyl (C=O) groups is 1. The number of nitrogens with one attached hydrogen (secondary N) is 2. The molecule has 1 amide bonds. The van der Waals surface area contributed by atoms with Gasteiger partial charge in [-0.05, 0) is 82.4 Å². The van der Waals surface area contributed by atoms with Gasteiger partial charge in [0.2, 0.25) is 25.9 Å². The maximum Gasteiger partial charge on any atom is 0.404 e. The Kier molecular flexibility index (Phi) is 12.9. The first-order chi connectivity index (χ1) is 30.2. The lowest BCUT2D eigenvalue weighted by molar-refractivity contribution is 0.159. The first-order valence-electron chi connectivity index (χ1n) is 19.2. The van der Waals surface area contributed by atoms with Gasteiger partial charge in [-0.3, -0.25) is 0 Å². The van der Waals surface area contributed by atoms with Crippen LogP contribution in [0.5, 0.6) is 17.2 Å². The molecule has 21 heteroatoms. The number of primary amides is 1. The van der Waals surface area contributed by atoms with E-state index in [0.717, 1.165) is 15.4 Å². The Morgan fingerprint density at radius 3 is 1.89 bits per heavy atom. The zero-order valence-electron chi connectivity index (χ0n) is 34.6. The lowest BCUT2D eigenvalue weighted by Crippen LogP contribution is -2.34. The number of nitrogen functional groups attached to an aromatic ring is 1. The van der Waals surface area contributed by atoms with Crippen molar-refractivity contribution < 1.29 is 40.6 Å². The lowest BCUT2D eigenvalue weighted by atomic mass is 9.96. The summed E-state index contributed by atoms with van der Waals surface area (Å²) in [5, 5.41) is 13.3. The van der Waals surface area contributed by atoms with Gasteiger partial charge in [0.1, 0.15) is 33.6 Å². The molecule has 328 valence electrons. The molecule has 7 rings (SSSR count).